The molecule has 2 rings (SSSR count). The molecule has 0 aliphatic rings. The van der Waals surface area contributed by atoms with Gasteiger partial charge in [-0.2, -0.15) is 0 Å². The van der Waals surface area contributed by atoms with Crippen LogP contribution < -0.4 is 5.73 Å². The van der Waals surface area contributed by atoms with E-state index in [4.69, 9.17) is 17.3 Å². The topological polar surface area (TPSA) is 60.9 Å². The minimum absolute atomic E-state index is 0.0567. The Morgan fingerprint density at radius 2 is 2.21 bits per heavy atom. The third kappa shape index (κ3) is 3.02. The molecule has 6 heteroatoms. The minimum Gasteiger partial charge on any atom is -0.370 e. The van der Waals surface area contributed by atoms with Crippen molar-refractivity contribution >= 4 is 51.1 Å². The molecule has 0 aliphatic heterocycles. The van der Waals surface area contributed by atoms with Crippen LogP contribution in [0.2, 0.25) is 0 Å². The highest BCUT2D eigenvalue weighted by Crippen LogP contribution is 2.29. The average Bonchev–Trinajstić information content (AvgIpc) is 2.66. The lowest BCUT2D eigenvalue weighted by Gasteiger charge is -2.17. The van der Waals surface area contributed by atoms with Crippen molar-refractivity contribution in [1.82, 2.24) is 9.55 Å². The van der Waals surface area contributed by atoms with Crippen LogP contribution in [0, 0.1) is 3.57 Å². The van der Waals surface area contributed by atoms with Crippen molar-refractivity contribution in [3.8, 4) is 0 Å². The molecule has 0 spiro atoms. The quantitative estimate of drug-likeness (QED) is 0.641. The first-order valence-electron chi connectivity index (χ1n) is 6.00. The van der Waals surface area contributed by atoms with Gasteiger partial charge in [-0.05, 0) is 54.6 Å². The number of benzene rings is 1. The number of hydrogen-bond acceptors (Lipinski definition) is 2. The Hall–Kier alpha value is -0.820. The highest BCUT2D eigenvalue weighted by atomic mass is 127. The molecule has 1 aromatic heterocycles. The molecular weight excluding hydrogens is 377 g/mol. The van der Waals surface area contributed by atoms with Gasteiger partial charge in [0, 0.05) is 16.0 Å². The maximum atomic E-state index is 11.1. The van der Waals surface area contributed by atoms with Gasteiger partial charge in [0.15, 0.2) is 0 Å². The van der Waals surface area contributed by atoms with Gasteiger partial charge in [-0.25, -0.2) is 4.98 Å². The first kappa shape index (κ1) is 14.6. The zero-order valence-corrected chi connectivity index (χ0v) is 13.6. The van der Waals surface area contributed by atoms with Gasteiger partial charge in [-0.1, -0.05) is 0 Å². The normalized spacial score (nSPS) is 14.5. The molecule has 2 N–H and O–H groups in total. The van der Waals surface area contributed by atoms with Gasteiger partial charge in [0.25, 0.3) is 0 Å². The highest BCUT2D eigenvalue weighted by molar-refractivity contribution is 14.1. The van der Waals surface area contributed by atoms with E-state index in [1.807, 2.05) is 36.6 Å². The molecule has 0 fully saturated rings. The second-order valence-corrected chi connectivity index (χ2v) is 6.51. The first-order chi connectivity index (χ1) is 8.90. The summed E-state index contributed by atoms with van der Waals surface area (Å²) in [6.45, 7) is 3.83. The number of carbonyl (C=O) groups excluding carboxylic acids is 1. The summed E-state index contributed by atoms with van der Waals surface area (Å²) in [5.41, 5.74) is 7.16. The Balaban J connectivity index is 2.61. The van der Waals surface area contributed by atoms with Gasteiger partial charge >= 0.3 is 0 Å². The van der Waals surface area contributed by atoms with Crippen LogP contribution in [0.3, 0.4) is 0 Å². The lowest BCUT2D eigenvalue weighted by molar-refractivity contribution is -0.118. The molecule has 102 valence electrons. The number of halogens is 2. The smallest absolute Gasteiger partial charge is 0.219 e. The van der Waals surface area contributed by atoms with Gasteiger partial charge < -0.3 is 10.3 Å². The molecule has 2 unspecified atom stereocenters. The maximum Gasteiger partial charge on any atom is 0.219 e. The summed E-state index contributed by atoms with van der Waals surface area (Å²) in [5.74, 6) is 0.445. The van der Waals surface area contributed by atoms with Crippen LogP contribution in [-0.2, 0) is 4.79 Å². The number of amides is 1. The van der Waals surface area contributed by atoms with Crippen LogP contribution in [0.15, 0.2) is 18.2 Å². The van der Waals surface area contributed by atoms with Gasteiger partial charge in [-0.3, -0.25) is 4.79 Å². The third-order valence-corrected chi connectivity index (χ3v) is 3.84. The van der Waals surface area contributed by atoms with Crippen LogP contribution in [0.4, 0.5) is 0 Å². The summed E-state index contributed by atoms with van der Waals surface area (Å²) in [6, 6.07) is 5.97. The fraction of sp³-hybridized carbons (Fsp3) is 0.385. The van der Waals surface area contributed by atoms with E-state index in [1.54, 1.807) is 0 Å². The summed E-state index contributed by atoms with van der Waals surface area (Å²) in [6.07, 6.45) is 0.272. The van der Waals surface area contributed by atoms with Crippen molar-refractivity contribution in [1.29, 1.82) is 0 Å². The summed E-state index contributed by atoms with van der Waals surface area (Å²) in [4.78, 5) is 15.7. The standard InChI is InChI=1S/C13H15ClIN3O/c1-7(5-12(16)19)18-11-4-3-9(15)6-10(11)17-13(18)8(2)14/h3-4,6-8H,5H2,1-2H3,(H2,16,19). The summed E-state index contributed by atoms with van der Waals surface area (Å²) in [7, 11) is 0. The fourth-order valence-corrected chi connectivity index (χ4v) is 2.85. The number of rotatable bonds is 4. The number of alkyl halides is 1. The molecule has 0 aliphatic carbocycles. The van der Waals surface area contributed by atoms with Crippen molar-refractivity contribution in [2.75, 3.05) is 0 Å². The molecule has 19 heavy (non-hydrogen) atoms. The average molecular weight is 392 g/mol. The molecule has 0 bridgehead atoms. The highest BCUT2D eigenvalue weighted by Gasteiger charge is 2.20. The van der Waals surface area contributed by atoms with E-state index < -0.39 is 0 Å². The largest absolute Gasteiger partial charge is 0.370 e. The third-order valence-electron chi connectivity index (χ3n) is 2.97. The second kappa shape index (κ2) is 5.66. The molecule has 2 atom stereocenters. The van der Waals surface area contributed by atoms with E-state index in [1.165, 1.54) is 0 Å². The number of fused-ring (bicyclic) bond motifs is 1. The van der Waals surface area contributed by atoms with Crippen LogP contribution in [0.1, 0.15) is 37.5 Å². The van der Waals surface area contributed by atoms with Gasteiger partial charge in [0.1, 0.15) is 5.82 Å². The predicted octanol–water partition coefficient (Wildman–Crippen LogP) is 3.38. The summed E-state index contributed by atoms with van der Waals surface area (Å²) >= 11 is 8.45. The van der Waals surface area contributed by atoms with E-state index in [2.05, 4.69) is 27.6 Å². The number of aromatic nitrogens is 2. The number of primary amides is 1. The molecule has 0 radical (unpaired) electrons. The lowest BCUT2D eigenvalue weighted by Crippen LogP contribution is -2.19. The lowest BCUT2D eigenvalue weighted by atomic mass is 10.2. The minimum atomic E-state index is -0.326. The molecule has 2 aromatic rings. The zero-order chi connectivity index (χ0) is 14.2. The van der Waals surface area contributed by atoms with E-state index in [9.17, 15) is 4.79 Å². The number of carbonyl (C=O) groups is 1. The fourth-order valence-electron chi connectivity index (χ4n) is 2.22. The van der Waals surface area contributed by atoms with E-state index in [0.717, 1.165) is 20.4 Å². The number of nitrogens with two attached hydrogens (primary N) is 1. The number of hydrogen-bond donors (Lipinski definition) is 1. The molecular formula is C13H15ClIN3O. The number of imidazole rings is 1. The Bertz CT molecular complexity index is 624. The van der Waals surface area contributed by atoms with Crippen molar-refractivity contribution in [2.24, 2.45) is 5.73 Å². The maximum absolute atomic E-state index is 11.1. The Morgan fingerprint density at radius 1 is 1.53 bits per heavy atom. The molecule has 1 amide bonds. The van der Waals surface area contributed by atoms with Crippen LogP contribution in [-0.4, -0.2) is 15.5 Å². The predicted molar refractivity (Wildman–Crippen MR) is 85.2 cm³/mol. The van der Waals surface area contributed by atoms with E-state index in [-0.39, 0.29) is 23.7 Å². The van der Waals surface area contributed by atoms with Crippen molar-refractivity contribution in [3.63, 3.8) is 0 Å². The summed E-state index contributed by atoms with van der Waals surface area (Å²) < 4.78 is 3.12. The van der Waals surface area contributed by atoms with Crippen molar-refractivity contribution in [2.45, 2.75) is 31.7 Å². The van der Waals surface area contributed by atoms with E-state index >= 15 is 0 Å². The SMILES string of the molecule is CC(Cl)c1nc2cc(I)ccc2n1C(C)CC(N)=O. The van der Waals surface area contributed by atoms with E-state index in [0.29, 0.717) is 0 Å². The second-order valence-electron chi connectivity index (χ2n) is 4.61. The molecule has 1 heterocycles. The van der Waals surface area contributed by atoms with Gasteiger partial charge in [0.2, 0.25) is 5.91 Å². The number of nitrogens with zero attached hydrogens (tertiary/aromatic N) is 2. The zero-order valence-electron chi connectivity index (χ0n) is 10.7. The molecule has 0 saturated carbocycles. The Kier molecular flexibility index (Phi) is 4.35. The van der Waals surface area contributed by atoms with Crippen LogP contribution in [0.25, 0.3) is 11.0 Å². The molecule has 0 saturated heterocycles. The van der Waals surface area contributed by atoms with Crippen molar-refractivity contribution in [3.05, 3.63) is 27.6 Å². The monoisotopic (exact) mass is 391 g/mol. The van der Waals surface area contributed by atoms with Crippen LogP contribution in [0.5, 0.6) is 0 Å². The van der Waals surface area contributed by atoms with Crippen molar-refractivity contribution < 1.29 is 4.79 Å². The molecule has 1 aromatic carbocycles. The Labute approximate surface area is 130 Å². The van der Waals surface area contributed by atoms with Gasteiger partial charge in [-0.15, -0.1) is 11.6 Å². The van der Waals surface area contributed by atoms with Crippen LogP contribution >= 0.6 is 34.2 Å². The Morgan fingerprint density at radius 3 is 2.79 bits per heavy atom. The molecule has 4 nitrogen and oxygen atoms in total. The first-order valence-corrected chi connectivity index (χ1v) is 7.51. The summed E-state index contributed by atoms with van der Waals surface area (Å²) in [5, 5.41) is -0.222. The van der Waals surface area contributed by atoms with Gasteiger partial charge in [0.05, 0.1) is 16.4 Å².